The minimum Gasteiger partial charge on any atom is -0.478 e. The van der Waals surface area contributed by atoms with Gasteiger partial charge >= 0.3 is 5.97 Å². The van der Waals surface area contributed by atoms with Crippen LogP contribution in [0.5, 0.6) is 0 Å². The Bertz CT molecular complexity index is 387. The Kier molecular flexibility index (Phi) is 5.12. The van der Waals surface area contributed by atoms with Crippen molar-refractivity contribution in [1.82, 2.24) is 0 Å². The maximum absolute atomic E-state index is 10.8. The molecule has 0 bridgehead atoms. The summed E-state index contributed by atoms with van der Waals surface area (Å²) in [5.74, 6) is -0.992. The van der Waals surface area contributed by atoms with Crippen molar-refractivity contribution in [3.8, 4) is 0 Å². The quantitative estimate of drug-likeness (QED) is 0.661. The molecule has 0 saturated carbocycles. The minimum absolute atomic E-state index is 0.112. The Balaban J connectivity index is 2.80. The number of carbonyl (C=O) groups is 1. The number of carboxylic acid groups (broad SMARTS) is 1. The van der Waals surface area contributed by atoms with Crippen molar-refractivity contribution in [2.45, 2.75) is 32.3 Å². The van der Waals surface area contributed by atoms with Crippen LogP contribution in [-0.2, 0) is 0 Å². The van der Waals surface area contributed by atoms with E-state index in [9.17, 15) is 9.90 Å². The van der Waals surface area contributed by atoms with Gasteiger partial charge in [-0.3, -0.25) is 0 Å². The molecule has 4 nitrogen and oxygen atoms in total. The number of hydrogen-bond acceptors (Lipinski definition) is 3. The van der Waals surface area contributed by atoms with Crippen LogP contribution >= 0.6 is 0 Å². The van der Waals surface area contributed by atoms with Gasteiger partial charge in [0.25, 0.3) is 0 Å². The highest BCUT2D eigenvalue weighted by atomic mass is 16.4. The minimum atomic E-state index is -0.992. The average Bonchev–Trinajstić information content (AvgIpc) is 2.29. The number of rotatable bonds is 6. The highest BCUT2D eigenvalue weighted by Gasteiger charge is 2.13. The second-order valence-electron chi connectivity index (χ2n) is 4.11. The van der Waals surface area contributed by atoms with Crippen LogP contribution < -0.4 is 0 Å². The number of unbranched alkanes of at least 4 members (excludes halogenated alkanes) is 1. The number of aliphatic hydroxyl groups excluding tert-OH is 2. The Hall–Kier alpha value is -1.39. The van der Waals surface area contributed by atoms with Crippen molar-refractivity contribution in [3.05, 3.63) is 34.9 Å². The van der Waals surface area contributed by atoms with Crippen molar-refractivity contribution in [3.63, 3.8) is 0 Å². The van der Waals surface area contributed by atoms with Crippen LogP contribution in [-0.4, -0.2) is 27.9 Å². The lowest BCUT2D eigenvalue weighted by Gasteiger charge is -2.14. The van der Waals surface area contributed by atoms with Crippen LogP contribution in [0, 0.1) is 6.92 Å². The summed E-state index contributed by atoms with van der Waals surface area (Å²) < 4.78 is 0. The standard InChI is InChI=1S/C13H18O4/c1-9-5-6-10(13(16)17)8-11(9)12(15)4-2-3-7-14/h5-6,8,12,14-15H,2-4,7H2,1H3,(H,16,17). The summed E-state index contributed by atoms with van der Waals surface area (Å²) in [6.45, 7) is 1.96. The van der Waals surface area contributed by atoms with Gasteiger partial charge in [-0.2, -0.15) is 0 Å². The van der Waals surface area contributed by atoms with Crippen LogP contribution in [0.15, 0.2) is 18.2 Å². The summed E-state index contributed by atoms with van der Waals surface area (Å²) in [5, 5.41) is 27.5. The van der Waals surface area contributed by atoms with Gasteiger partial charge in [-0.25, -0.2) is 4.79 Å². The molecule has 1 aromatic rings. The van der Waals surface area contributed by atoms with Crippen molar-refractivity contribution in [2.24, 2.45) is 0 Å². The Morgan fingerprint density at radius 2 is 2.06 bits per heavy atom. The Morgan fingerprint density at radius 1 is 1.35 bits per heavy atom. The first kappa shape index (κ1) is 13.7. The van der Waals surface area contributed by atoms with Gasteiger partial charge in [0.15, 0.2) is 0 Å². The summed E-state index contributed by atoms with van der Waals surface area (Å²) in [4.78, 5) is 10.8. The van der Waals surface area contributed by atoms with E-state index in [-0.39, 0.29) is 12.2 Å². The summed E-state index contributed by atoms with van der Waals surface area (Å²) in [6, 6.07) is 4.75. The lowest BCUT2D eigenvalue weighted by molar-refractivity contribution is 0.0696. The van der Waals surface area contributed by atoms with Crippen LogP contribution in [0.3, 0.4) is 0 Å². The molecule has 0 spiro atoms. The fraction of sp³-hybridized carbons (Fsp3) is 0.462. The first-order chi connectivity index (χ1) is 8.06. The molecule has 0 aliphatic heterocycles. The van der Waals surface area contributed by atoms with E-state index in [1.165, 1.54) is 12.1 Å². The van der Waals surface area contributed by atoms with E-state index >= 15 is 0 Å². The molecule has 1 rings (SSSR count). The van der Waals surface area contributed by atoms with Crippen molar-refractivity contribution in [2.75, 3.05) is 6.61 Å². The molecule has 0 aromatic heterocycles. The number of aliphatic hydroxyl groups is 2. The summed E-state index contributed by atoms with van der Waals surface area (Å²) in [7, 11) is 0. The normalized spacial score (nSPS) is 12.4. The molecular weight excluding hydrogens is 220 g/mol. The van der Waals surface area contributed by atoms with Crippen LogP contribution in [0.25, 0.3) is 0 Å². The number of aromatic carboxylic acids is 1. The molecule has 1 aromatic carbocycles. The Labute approximate surface area is 101 Å². The lowest BCUT2D eigenvalue weighted by atomic mass is 9.97. The molecule has 4 heteroatoms. The summed E-state index contributed by atoms with van der Waals surface area (Å²) in [6.07, 6.45) is 1.23. The van der Waals surface area contributed by atoms with Gasteiger partial charge in [0.05, 0.1) is 11.7 Å². The fourth-order valence-electron chi connectivity index (χ4n) is 1.74. The largest absolute Gasteiger partial charge is 0.478 e. The lowest BCUT2D eigenvalue weighted by Crippen LogP contribution is -2.04. The van der Waals surface area contributed by atoms with Crippen molar-refractivity contribution in [1.29, 1.82) is 0 Å². The van der Waals surface area contributed by atoms with E-state index in [1.54, 1.807) is 6.07 Å². The summed E-state index contributed by atoms with van der Waals surface area (Å²) >= 11 is 0. The maximum Gasteiger partial charge on any atom is 0.335 e. The first-order valence-corrected chi connectivity index (χ1v) is 5.69. The zero-order valence-electron chi connectivity index (χ0n) is 9.89. The smallest absolute Gasteiger partial charge is 0.335 e. The van der Waals surface area contributed by atoms with Gasteiger partial charge in [0.1, 0.15) is 0 Å². The SMILES string of the molecule is Cc1ccc(C(=O)O)cc1C(O)CCCCO. The predicted molar refractivity (Wildman–Crippen MR) is 64.0 cm³/mol. The molecule has 0 amide bonds. The zero-order valence-corrected chi connectivity index (χ0v) is 9.89. The topological polar surface area (TPSA) is 77.8 Å². The molecule has 0 aliphatic rings. The van der Waals surface area contributed by atoms with Crippen molar-refractivity contribution < 1.29 is 20.1 Å². The van der Waals surface area contributed by atoms with Crippen LogP contribution in [0.4, 0.5) is 0 Å². The maximum atomic E-state index is 10.8. The van der Waals surface area contributed by atoms with Gasteiger partial charge in [-0.1, -0.05) is 6.07 Å². The molecule has 0 aliphatic carbocycles. The highest BCUT2D eigenvalue weighted by molar-refractivity contribution is 5.87. The second-order valence-corrected chi connectivity index (χ2v) is 4.11. The molecule has 0 heterocycles. The molecule has 0 saturated heterocycles. The van der Waals surface area contributed by atoms with Gasteiger partial charge in [0, 0.05) is 6.61 Å². The van der Waals surface area contributed by atoms with E-state index in [0.29, 0.717) is 24.8 Å². The van der Waals surface area contributed by atoms with E-state index in [0.717, 1.165) is 5.56 Å². The second kappa shape index (κ2) is 6.37. The molecular formula is C13H18O4. The van der Waals surface area contributed by atoms with E-state index in [4.69, 9.17) is 10.2 Å². The molecule has 94 valence electrons. The van der Waals surface area contributed by atoms with Gasteiger partial charge in [-0.05, 0) is 49.4 Å². The first-order valence-electron chi connectivity index (χ1n) is 5.69. The third-order valence-electron chi connectivity index (χ3n) is 2.77. The number of aryl methyl sites for hydroxylation is 1. The van der Waals surface area contributed by atoms with Crippen LogP contribution in [0.1, 0.15) is 46.9 Å². The van der Waals surface area contributed by atoms with E-state index in [1.807, 2.05) is 6.92 Å². The van der Waals surface area contributed by atoms with Gasteiger partial charge < -0.3 is 15.3 Å². The van der Waals surface area contributed by atoms with Gasteiger partial charge in [0.2, 0.25) is 0 Å². The van der Waals surface area contributed by atoms with Crippen LogP contribution in [0.2, 0.25) is 0 Å². The molecule has 17 heavy (non-hydrogen) atoms. The number of hydrogen-bond donors (Lipinski definition) is 3. The monoisotopic (exact) mass is 238 g/mol. The zero-order chi connectivity index (χ0) is 12.8. The molecule has 1 atom stereocenters. The summed E-state index contributed by atoms with van der Waals surface area (Å²) in [5.41, 5.74) is 1.72. The number of carboxylic acids is 1. The molecule has 3 N–H and O–H groups in total. The molecule has 1 unspecified atom stereocenters. The van der Waals surface area contributed by atoms with E-state index in [2.05, 4.69) is 0 Å². The fourth-order valence-corrected chi connectivity index (χ4v) is 1.74. The van der Waals surface area contributed by atoms with E-state index < -0.39 is 12.1 Å². The molecule has 0 fully saturated rings. The predicted octanol–water partition coefficient (Wildman–Crippen LogP) is 1.89. The molecule has 0 radical (unpaired) electrons. The number of benzene rings is 1. The van der Waals surface area contributed by atoms with Gasteiger partial charge in [-0.15, -0.1) is 0 Å². The Morgan fingerprint density at radius 3 is 2.65 bits per heavy atom. The highest BCUT2D eigenvalue weighted by Crippen LogP contribution is 2.23. The van der Waals surface area contributed by atoms with Crippen molar-refractivity contribution >= 4 is 5.97 Å². The third-order valence-corrected chi connectivity index (χ3v) is 2.77. The average molecular weight is 238 g/mol. The third kappa shape index (κ3) is 3.84.